The molecule has 1 heterocycles. The first-order chi connectivity index (χ1) is 9.04. The van der Waals surface area contributed by atoms with Crippen molar-refractivity contribution in [2.24, 2.45) is 13.0 Å². The molecule has 1 amide bonds. The lowest BCUT2D eigenvalue weighted by molar-refractivity contribution is 0.0918. The molecule has 2 N–H and O–H groups in total. The fourth-order valence-corrected chi connectivity index (χ4v) is 2.09. The molecule has 4 nitrogen and oxygen atoms in total. The molecule has 0 fully saturated rings. The predicted octanol–water partition coefficient (Wildman–Crippen LogP) is 1.93. The third-order valence-corrected chi connectivity index (χ3v) is 3.67. The smallest absolute Gasteiger partial charge is 0.252 e. The van der Waals surface area contributed by atoms with Gasteiger partial charge in [-0.2, -0.15) is 0 Å². The van der Waals surface area contributed by atoms with Crippen molar-refractivity contribution < 1.29 is 9.90 Å². The standard InChI is InChI=1S/C15H20N2O2/c1-10(9-18)11(2)16-15(19)13-5-4-6-14-12(13)7-8-17(14)3/h4-8,10-11,18H,9H2,1-3H3,(H,16,19). The number of aromatic nitrogens is 1. The zero-order valence-electron chi connectivity index (χ0n) is 11.6. The molecule has 2 rings (SSSR count). The zero-order chi connectivity index (χ0) is 14.0. The van der Waals surface area contributed by atoms with Gasteiger partial charge < -0.3 is 15.0 Å². The molecule has 0 bridgehead atoms. The predicted molar refractivity (Wildman–Crippen MR) is 76.1 cm³/mol. The second-order valence-electron chi connectivity index (χ2n) is 5.09. The van der Waals surface area contributed by atoms with E-state index in [0.29, 0.717) is 5.56 Å². The number of nitrogens with zero attached hydrogens (tertiary/aromatic N) is 1. The lowest BCUT2D eigenvalue weighted by Gasteiger charge is -2.19. The maximum absolute atomic E-state index is 12.3. The normalized spacial score (nSPS) is 14.3. The highest BCUT2D eigenvalue weighted by Gasteiger charge is 2.17. The summed E-state index contributed by atoms with van der Waals surface area (Å²) in [6.45, 7) is 3.88. The minimum absolute atomic E-state index is 0.0407. The molecule has 0 saturated carbocycles. The van der Waals surface area contributed by atoms with Gasteiger partial charge in [0.1, 0.15) is 0 Å². The highest BCUT2D eigenvalue weighted by Crippen LogP contribution is 2.19. The quantitative estimate of drug-likeness (QED) is 0.882. The maximum atomic E-state index is 12.3. The summed E-state index contributed by atoms with van der Waals surface area (Å²) < 4.78 is 1.99. The molecule has 1 aromatic heterocycles. The molecule has 102 valence electrons. The van der Waals surface area contributed by atoms with Crippen molar-refractivity contribution in [2.75, 3.05) is 6.61 Å². The van der Waals surface area contributed by atoms with E-state index in [0.717, 1.165) is 10.9 Å². The van der Waals surface area contributed by atoms with Crippen LogP contribution in [0.25, 0.3) is 10.9 Å². The molecule has 0 aliphatic rings. The van der Waals surface area contributed by atoms with E-state index in [1.54, 1.807) is 0 Å². The van der Waals surface area contributed by atoms with E-state index in [-0.39, 0.29) is 24.5 Å². The van der Waals surface area contributed by atoms with E-state index in [4.69, 9.17) is 5.11 Å². The summed E-state index contributed by atoms with van der Waals surface area (Å²) in [7, 11) is 1.96. The Kier molecular flexibility index (Phi) is 3.90. The minimum Gasteiger partial charge on any atom is -0.396 e. The lowest BCUT2D eigenvalue weighted by atomic mass is 10.0. The van der Waals surface area contributed by atoms with Gasteiger partial charge >= 0.3 is 0 Å². The Morgan fingerprint density at radius 2 is 2.11 bits per heavy atom. The Bertz CT molecular complexity index is 589. The number of carbonyl (C=O) groups excluding carboxylic acids is 1. The summed E-state index contributed by atoms with van der Waals surface area (Å²) in [5.74, 6) is -0.0523. The van der Waals surface area contributed by atoms with Crippen LogP contribution in [0.5, 0.6) is 0 Å². The molecule has 2 aromatic rings. The molecule has 0 aliphatic heterocycles. The summed E-state index contributed by atoms with van der Waals surface area (Å²) >= 11 is 0. The fourth-order valence-electron chi connectivity index (χ4n) is 2.09. The SMILES string of the molecule is CC(CO)C(C)NC(=O)c1cccc2c1ccn2C. The van der Waals surface area contributed by atoms with Crippen LogP contribution in [0.1, 0.15) is 24.2 Å². The van der Waals surface area contributed by atoms with Crippen molar-refractivity contribution in [2.45, 2.75) is 19.9 Å². The second-order valence-corrected chi connectivity index (χ2v) is 5.09. The van der Waals surface area contributed by atoms with Crippen molar-refractivity contribution in [1.29, 1.82) is 0 Å². The number of amides is 1. The topological polar surface area (TPSA) is 54.3 Å². The van der Waals surface area contributed by atoms with Crippen LogP contribution in [-0.2, 0) is 7.05 Å². The Balaban J connectivity index is 2.27. The summed E-state index contributed by atoms with van der Waals surface area (Å²) in [4.78, 5) is 12.3. The van der Waals surface area contributed by atoms with E-state index in [9.17, 15) is 4.79 Å². The first-order valence-corrected chi connectivity index (χ1v) is 6.50. The number of fused-ring (bicyclic) bond motifs is 1. The number of aliphatic hydroxyl groups is 1. The van der Waals surface area contributed by atoms with Gasteiger partial charge in [0.15, 0.2) is 0 Å². The van der Waals surface area contributed by atoms with Crippen molar-refractivity contribution in [1.82, 2.24) is 9.88 Å². The molecule has 0 aliphatic carbocycles. The Labute approximate surface area is 113 Å². The third kappa shape index (κ3) is 2.63. The Morgan fingerprint density at radius 1 is 1.37 bits per heavy atom. The molecule has 2 atom stereocenters. The van der Waals surface area contributed by atoms with Gasteiger partial charge in [0, 0.05) is 42.4 Å². The minimum atomic E-state index is -0.0930. The van der Waals surface area contributed by atoms with Crippen LogP contribution in [0.2, 0.25) is 0 Å². The number of aliphatic hydroxyl groups excluding tert-OH is 1. The zero-order valence-corrected chi connectivity index (χ0v) is 11.6. The van der Waals surface area contributed by atoms with Crippen molar-refractivity contribution >= 4 is 16.8 Å². The number of aryl methyl sites for hydroxylation is 1. The van der Waals surface area contributed by atoms with E-state index >= 15 is 0 Å². The molecule has 1 aromatic carbocycles. The molecule has 0 radical (unpaired) electrons. The lowest BCUT2D eigenvalue weighted by Crippen LogP contribution is -2.38. The van der Waals surface area contributed by atoms with Crippen LogP contribution in [0.4, 0.5) is 0 Å². The molecule has 2 unspecified atom stereocenters. The van der Waals surface area contributed by atoms with Crippen molar-refractivity contribution in [3.05, 3.63) is 36.0 Å². The first kappa shape index (κ1) is 13.6. The summed E-state index contributed by atoms with van der Waals surface area (Å²) in [6, 6.07) is 7.60. The number of rotatable bonds is 4. The number of carbonyl (C=O) groups is 1. The van der Waals surface area contributed by atoms with Gasteiger partial charge in [0.2, 0.25) is 0 Å². The van der Waals surface area contributed by atoms with Gasteiger partial charge in [-0.15, -0.1) is 0 Å². The Morgan fingerprint density at radius 3 is 2.79 bits per heavy atom. The monoisotopic (exact) mass is 260 g/mol. The summed E-state index contributed by atoms with van der Waals surface area (Å²) in [6.07, 6.45) is 1.95. The molecule has 0 spiro atoms. The number of benzene rings is 1. The van der Waals surface area contributed by atoms with Gasteiger partial charge in [-0.3, -0.25) is 4.79 Å². The van der Waals surface area contributed by atoms with E-state index in [1.165, 1.54) is 0 Å². The van der Waals surface area contributed by atoms with E-state index in [1.807, 2.05) is 55.9 Å². The average molecular weight is 260 g/mol. The molecular weight excluding hydrogens is 240 g/mol. The molecular formula is C15H20N2O2. The first-order valence-electron chi connectivity index (χ1n) is 6.50. The fraction of sp³-hybridized carbons (Fsp3) is 0.400. The van der Waals surface area contributed by atoms with Crippen molar-refractivity contribution in [3.63, 3.8) is 0 Å². The van der Waals surface area contributed by atoms with Gasteiger partial charge in [0.05, 0.1) is 0 Å². The average Bonchev–Trinajstić information content (AvgIpc) is 2.79. The van der Waals surface area contributed by atoms with Crippen LogP contribution in [-0.4, -0.2) is 28.2 Å². The second kappa shape index (κ2) is 5.45. The summed E-state index contributed by atoms with van der Waals surface area (Å²) in [5.41, 5.74) is 1.71. The van der Waals surface area contributed by atoms with E-state index < -0.39 is 0 Å². The number of hydrogen-bond donors (Lipinski definition) is 2. The van der Waals surface area contributed by atoms with Crippen LogP contribution in [0.3, 0.4) is 0 Å². The van der Waals surface area contributed by atoms with Gasteiger partial charge in [0.25, 0.3) is 5.91 Å². The number of nitrogens with one attached hydrogen (secondary N) is 1. The van der Waals surface area contributed by atoms with Gasteiger partial charge in [-0.05, 0) is 31.0 Å². The van der Waals surface area contributed by atoms with Crippen LogP contribution in [0, 0.1) is 5.92 Å². The van der Waals surface area contributed by atoms with Crippen molar-refractivity contribution in [3.8, 4) is 0 Å². The Hall–Kier alpha value is -1.81. The van der Waals surface area contributed by atoms with Gasteiger partial charge in [-0.1, -0.05) is 13.0 Å². The van der Waals surface area contributed by atoms with Crippen LogP contribution >= 0.6 is 0 Å². The van der Waals surface area contributed by atoms with Crippen LogP contribution in [0.15, 0.2) is 30.5 Å². The summed E-state index contributed by atoms with van der Waals surface area (Å²) in [5, 5.41) is 13.0. The molecule has 4 heteroatoms. The third-order valence-electron chi connectivity index (χ3n) is 3.67. The largest absolute Gasteiger partial charge is 0.396 e. The number of hydrogen-bond acceptors (Lipinski definition) is 2. The molecule has 0 saturated heterocycles. The van der Waals surface area contributed by atoms with E-state index in [2.05, 4.69) is 5.32 Å². The maximum Gasteiger partial charge on any atom is 0.252 e. The van der Waals surface area contributed by atoms with Gasteiger partial charge in [-0.25, -0.2) is 0 Å². The molecule has 19 heavy (non-hydrogen) atoms. The van der Waals surface area contributed by atoms with Crippen LogP contribution < -0.4 is 5.32 Å². The highest BCUT2D eigenvalue weighted by atomic mass is 16.3. The highest BCUT2D eigenvalue weighted by molar-refractivity contribution is 6.06.